The summed E-state index contributed by atoms with van der Waals surface area (Å²) in [6.07, 6.45) is 4.66. The largest absolute Gasteiger partial charge is 0.353 e. The fourth-order valence-corrected chi connectivity index (χ4v) is 6.39. The molecule has 45 heavy (non-hydrogen) atoms. The number of nitrogens with zero attached hydrogens (tertiary/aromatic N) is 3. The minimum absolute atomic E-state index is 0.00451. The van der Waals surface area contributed by atoms with Crippen molar-refractivity contribution in [1.29, 1.82) is 0 Å². The topological polar surface area (TPSA) is 83.0 Å². The number of hydrogen-bond donors (Lipinski definition) is 2. The quantitative estimate of drug-likeness (QED) is 0.161. The molecule has 0 radical (unpaired) electrons. The van der Waals surface area contributed by atoms with Gasteiger partial charge in [0.1, 0.15) is 0 Å². The number of benzene rings is 1. The molecule has 0 aliphatic carbocycles. The zero-order valence-corrected chi connectivity index (χ0v) is 29.0. The van der Waals surface area contributed by atoms with E-state index in [4.69, 9.17) is 4.98 Å². The number of hydrogen-bond acceptors (Lipinski definition) is 4. The van der Waals surface area contributed by atoms with E-state index in [-0.39, 0.29) is 17.4 Å². The van der Waals surface area contributed by atoms with Crippen molar-refractivity contribution in [3.8, 4) is 11.3 Å². The predicted molar refractivity (Wildman–Crippen MR) is 187 cm³/mol. The maximum Gasteiger partial charge on any atom is 0.250 e. The summed E-state index contributed by atoms with van der Waals surface area (Å²) >= 11 is 0. The average Bonchev–Trinajstić information content (AvgIpc) is 3.34. The molecule has 1 unspecified atom stereocenters. The molecule has 3 heterocycles. The summed E-state index contributed by atoms with van der Waals surface area (Å²) in [5.41, 5.74) is 8.07. The van der Waals surface area contributed by atoms with Gasteiger partial charge in [-0.25, -0.2) is 0 Å². The first-order valence-corrected chi connectivity index (χ1v) is 16.4. The Morgan fingerprint density at radius 2 is 1.64 bits per heavy atom. The van der Waals surface area contributed by atoms with Gasteiger partial charge in [-0.1, -0.05) is 57.9 Å². The normalized spacial score (nSPS) is 12.8. The molecule has 1 atom stereocenters. The molecule has 0 saturated carbocycles. The molecule has 7 nitrogen and oxygen atoms in total. The van der Waals surface area contributed by atoms with Gasteiger partial charge in [0.25, 0.3) is 0 Å². The summed E-state index contributed by atoms with van der Waals surface area (Å²) in [4.78, 5) is 36.5. The molecule has 4 rings (SSSR count). The van der Waals surface area contributed by atoms with Crippen molar-refractivity contribution < 1.29 is 4.79 Å². The lowest BCUT2D eigenvalue weighted by atomic mass is 9.85. The molecule has 2 N–H and O–H groups in total. The molecule has 0 bridgehead atoms. The van der Waals surface area contributed by atoms with Crippen LogP contribution in [0.3, 0.4) is 0 Å². The van der Waals surface area contributed by atoms with E-state index in [1.54, 1.807) is 17.7 Å². The highest BCUT2D eigenvalue weighted by Gasteiger charge is 2.36. The SMILES string of the molecule is Cc1cc(C)cc(-c2[nH]c3cnc(C(C)(C)C(=O)N(CC(C)C)CC(C)C)cc3c2C(C)CNCCc2ccc(=O)n(C)c2)c1. The lowest BCUT2D eigenvalue weighted by molar-refractivity contribution is -0.137. The van der Waals surface area contributed by atoms with Gasteiger partial charge >= 0.3 is 0 Å². The number of carbonyl (C=O) groups is 1. The summed E-state index contributed by atoms with van der Waals surface area (Å²) in [6.45, 7) is 22.3. The lowest BCUT2D eigenvalue weighted by Gasteiger charge is -2.34. The zero-order chi connectivity index (χ0) is 33.1. The first-order chi connectivity index (χ1) is 21.2. The minimum atomic E-state index is -0.774. The zero-order valence-electron chi connectivity index (χ0n) is 29.0. The Balaban J connectivity index is 1.70. The minimum Gasteiger partial charge on any atom is -0.353 e. The van der Waals surface area contributed by atoms with Crippen LogP contribution >= 0.6 is 0 Å². The van der Waals surface area contributed by atoms with Crippen LogP contribution in [0.25, 0.3) is 22.2 Å². The fourth-order valence-electron chi connectivity index (χ4n) is 6.39. The van der Waals surface area contributed by atoms with Crippen LogP contribution in [0, 0.1) is 25.7 Å². The second-order valence-corrected chi connectivity index (χ2v) is 14.4. The van der Waals surface area contributed by atoms with Crippen molar-refractivity contribution in [2.45, 2.75) is 80.1 Å². The molecular formula is C38H53N5O2. The number of nitrogens with one attached hydrogen (secondary N) is 2. The Bertz CT molecular complexity index is 1660. The molecule has 0 aliphatic rings. The highest BCUT2D eigenvalue weighted by molar-refractivity contribution is 5.93. The summed E-state index contributed by atoms with van der Waals surface area (Å²) in [5.74, 6) is 1.08. The molecule has 0 saturated heterocycles. The summed E-state index contributed by atoms with van der Waals surface area (Å²) in [7, 11) is 1.79. The molecule has 7 heteroatoms. The van der Waals surface area contributed by atoms with Gasteiger partial charge in [-0.05, 0) is 93.3 Å². The van der Waals surface area contributed by atoms with Gasteiger partial charge in [-0.15, -0.1) is 0 Å². The summed E-state index contributed by atoms with van der Waals surface area (Å²) in [5, 5.41) is 4.77. The van der Waals surface area contributed by atoms with Gasteiger partial charge < -0.3 is 19.8 Å². The fraction of sp³-hybridized carbons (Fsp3) is 0.500. The van der Waals surface area contributed by atoms with Gasteiger partial charge in [0.05, 0.1) is 28.5 Å². The van der Waals surface area contributed by atoms with E-state index in [0.29, 0.717) is 11.8 Å². The number of aromatic nitrogens is 3. The molecule has 242 valence electrons. The van der Waals surface area contributed by atoms with Crippen molar-refractivity contribution in [3.05, 3.63) is 87.1 Å². The number of aryl methyl sites for hydroxylation is 3. The second-order valence-electron chi connectivity index (χ2n) is 14.4. The highest BCUT2D eigenvalue weighted by atomic mass is 16.2. The van der Waals surface area contributed by atoms with Gasteiger partial charge in [0, 0.05) is 44.3 Å². The van der Waals surface area contributed by atoms with E-state index < -0.39 is 5.41 Å². The molecule has 0 spiro atoms. The molecule has 0 aliphatic heterocycles. The number of aromatic amines is 1. The van der Waals surface area contributed by atoms with Crippen LogP contribution in [0.5, 0.6) is 0 Å². The van der Waals surface area contributed by atoms with Gasteiger partial charge in [0.2, 0.25) is 11.5 Å². The van der Waals surface area contributed by atoms with Crippen LogP contribution < -0.4 is 10.9 Å². The Morgan fingerprint density at radius 1 is 1.00 bits per heavy atom. The maximum atomic E-state index is 14.1. The Labute approximate surface area is 269 Å². The standard InChI is InChI=1S/C38H53N5O2/c1-24(2)21-43(22-25(3)4)37(45)38(8,9)33-18-31-32(20-40-33)41-36(30-16-26(5)15-27(6)17-30)35(31)28(7)19-39-14-13-29-11-12-34(44)42(10)23-29/h11-12,15-18,20,23-25,28,39,41H,13-14,19,21-22H2,1-10H3. The third kappa shape index (κ3) is 8.12. The molecule has 3 aromatic heterocycles. The van der Waals surface area contributed by atoms with Gasteiger partial charge in [-0.2, -0.15) is 0 Å². The van der Waals surface area contributed by atoms with Crippen LogP contribution in [0.1, 0.15) is 82.3 Å². The van der Waals surface area contributed by atoms with E-state index in [1.165, 1.54) is 16.7 Å². The summed E-state index contributed by atoms with van der Waals surface area (Å²) in [6, 6.07) is 12.4. The Morgan fingerprint density at radius 3 is 2.24 bits per heavy atom. The first-order valence-electron chi connectivity index (χ1n) is 16.4. The third-order valence-electron chi connectivity index (χ3n) is 8.55. The van der Waals surface area contributed by atoms with E-state index in [9.17, 15) is 9.59 Å². The van der Waals surface area contributed by atoms with E-state index in [2.05, 4.69) is 83.0 Å². The van der Waals surface area contributed by atoms with E-state index in [1.807, 2.05) is 37.2 Å². The summed E-state index contributed by atoms with van der Waals surface area (Å²) < 4.78 is 1.63. The van der Waals surface area contributed by atoms with Crippen molar-refractivity contribution in [3.63, 3.8) is 0 Å². The molecule has 1 aromatic carbocycles. The van der Waals surface area contributed by atoms with Crippen molar-refractivity contribution in [1.82, 2.24) is 24.8 Å². The van der Waals surface area contributed by atoms with Crippen molar-refractivity contribution >= 4 is 16.8 Å². The van der Waals surface area contributed by atoms with Gasteiger partial charge in [-0.3, -0.25) is 14.6 Å². The second kappa shape index (κ2) is 14.2. The lowest BCUT2D eigenvalue weighted by Crippen LogP contribution is -2.46. The molecule has 4 aromatic rings. The monoisotopic (exact) mass is 611 g/mol. The Kier molecular flexibility index (Phi) is 10.7. The number of carbonyl (C=O) groups excluding carboxylic acids is 1. The highest BCUT2D eigenvalue weighted by Crippen LogP contribution is 2.38. The van der Waals surface area contributed by atoms with Crippen LogP contribution in [-0.4, -0.2) is 51.5 Å². The average molecular weight is 612 g/mol. The Hall–Kier alpha value is -3.71. The molecular weight excluding hydrogens is 558 g/mol. The first kappa shape index (κ1) is 34.2. The maximum absolute atomic E-state index is 14.1. The van der Waals surface area contributed by atoms with Crippen molar-refractivity contribution in [2.24, 2.45) is 18.9 Å². The predicted octanol–water partition coefficient (Wildman–Crippen LogP) is 6.90. The van der Waals surface area contributed by atoms with Crippen LogP contribution in [0.2, 0.25) is 0 Å². The van der Waals surface area contributed by atoms with Crippen LogP contribution in [0.15, 0.2) is 53.6 Å². The number of pyridine rings is 2. The van der Waals surface area contributed by atoms with E-state index in [0.717, 1.165) is 66.0 Å². The smallest absolute Gasteiger partial charge is 0.250 e. The number of rotatable bonds is 13. The molecule has 0 fully saturated rings. The van der Waals surface area contributed by atoms with Crippen molar-refractivity contribution in [2.75, 3.05) is 26.2 Å². The molecule has 1 amide bonds. The van der Waals surface area contributed by atoms with Gasteiger partial charge in [0.15, 0.2) is 0 Å². The van der Waals surface area contributed by atoms with Crippen LogP contribution in [-0.2, 0) is 23.7 Å². The van der Waals surface area contributed by atoms with E-state index >= 15 is 0 Å². The third-order valence-corrected chi connectivity index (χ3v) is 8.55. The number of fused-ring (bicyclic) bond motifs is 1. The van der Waals surface area contributed by atoms with Crippen LogP contribution in [0.4, 0.5) is 0 Å². The number of H-pyrrole nitrogens is 1. The number of amides is 1.